The summed E-state index contributed by atoms with van der Waals surface area (Å²) in [4.78, 5) is 18.8. The maximum Gasteiger partial charge on any atom is 0.250 e. The molecular weight excluding hydrogens is 348 g/mol. The van der Waals surface area contributed by atoms with Gasteiger partial charge in [0.1, 0.15) is 5.54 Å². The first-order valence-electron chi connectivity index (χ1n) is 10.0. The van der Waals surface area contributed by atoms with Crippen LogP contribution in [0.25, 0.3) is 10.9 Å². The first-order chi connectivity index (χ1) is 13.5. The molecule has 1 spiro atoms. The van der Waals surface area contributed by atoms with Crippen molar-refractivity contribution in [2.75, 3.05) is 23.7 Å². The van der Waals surface area contributed by atoms with Crippen LogP contribution in [0, 0.1) is 13.8 Å². The van der Waals surface area contributed by atoms with E-state index in [4.69, 9.17) is 0 Å². The maximum absolute atomic E-state index is 12.8. The number of aromatic amines is 1. The number of H-pyrrole nitrogens is 1. The largest absolute Gasteiger partial charge is 0.369 e. The van der Waals surface area contributed by atoms with Crippen molar-refractivity contribution in [2.45, 2.75) is 38.8 Å². The normalized spacial score (nSPS) is 18.7. The van der Waals surface area contributed by atoms with Crippen molar-refractivity contribution < 1.29 is 4.79 Å². The van der Waals surface area contributed by atoms with E-state index in [2.05, 4.69) is 52.6 Å². The van der Waals surface area contributed by atoms with Gasteiger partial charge in [0.25, 0.3) is 0 Å². The molecule has 2 aliphatic rings. The van der Waals surface area contributed by atoms with Crippen LogP contribution >= 0.6 is 0 Å². The summed E-state index contributed by atoms with van der Waals surface area (Å²) < 4.78 is 0. The number of piperidine rings is 1. The fourth-order valence-corrected chi connectivity index (χ4v) is 4.58. The number of rotatable bonds is 2. The van der Waals surface area contributed by atoms with Gasteiger partial charge in [-0.1, -0.05) is 23.8 Å². The zero-order valence-electron chi connectivity index (χ0n) is 16.4. The molecule has 0 aliphatic carbocycles. The Morgan fingerprint density at radius 3 is 2.57 bits per heavy atom. The van der Waals surface area contributed by atoms with Crippen LogP contribution in [-0.2, 0) is 11.3 Å². The van der Waals surface area contributed by atoms with E-state index < -0.39 is 5.54 Å². The third kappa shape index (κ3) is 2.78. The Morgan fingerprint density at radius 1 is 1.04 bits per heavy atom. The number of nitrogens with zero attached hydrogens (tertiary/aromatic N) is 1. The Morgan fingerprint density at radius 2 is 1.79 bits per heavy atom. The Kier molecular flexibility index (Phi) is 3.95. The molecule has 0 radical (unpaired) electrons. The highest BCUT2D eigenvalue weighted by Gasteiger charge is 2.44. The smallest absolute Gasteiger partial charge is 0.250 e. The quantitative estimate of drug-likeness (QED) is 0.630. The summed E-state index contributed by atoms with van der Waals surface area (Å²) in [7, 11) is 0. The predicted molar refractivity (Wildman–Crippen MR) is 114 cm³/mol. The molecule has 144 valence electrons. The third-order valence-electron chi connectivity index (χ3n) is 6.39. The predicted octanol–water partition coefficient (Wildman–Crippen LogP) is 4.18. The molecule has 3 heterocycles. The number of hydrogen-bond acceptors (Lipinski definition) is 3. The number of carbonyl (C=O) groups is 1. The molecule has 5 rings (SSSR count). The molecule has 2 aromatic carbocycles. The highest BCUT2D eigenvalue weighted by molar-refractivity contribution is 6.06. The number of benzene rings is 2. The van der Waals surface area contributed by atoms with Gasteiger partial charge in [0.15, 0.2) is 0 Å². The van der Waals surface area contributed by atoms with E-state index in [0.717, 1.165) is 43.9 Å². The fraction of sp³-hybridized carbons (Fsp3) is 0.348. The highest BCUT2D eigenvalue weighted by Crippen LogP contribution is 2.36. The van der Waals surface area contributed by atoms with Gasteiger partial charge >= 0.3 is 0 Å². The summed E-state index contributed by atoms with van der Waals surface area (Å²) in [5.41, 5.74) is 6.52. The van der Waals surface area contributed by atoms with Gasteiger partial charge in [0.2, 0.25) is 5.91 Å². The van der Waals surface area contributed by atoms with Crippen molar-refractivity contribution in [3.05, 3.63) is 59.3 Å². The first kappa shape index (κ1) is 17.3. The number of fused-ring (bicyclic) bond motifs is 2. The molecule has 5 nitrogen and oxygen atoms in total. The van der Waals surface area contributed by atoms with Crippen LogP contribution in [0.4, 0.5) is 11.4 Å². The second-order valence-electron chi connectivity index (χ2n) is 8.26. The molecule has 1 saturated heterocycles. The Bertz CT molecular complexity index is 1060. The van der Waals surface area contributed by atoms with Crippen molar-refractivity contribution >= 4 is 28.2 Å². The van der Waals surface area contributed by atoms with Crippen molar-refractivity contribution in [1.29, 1.82) is 0 Å². The Balaban J connectivity index is 1.32. The molecule has 0 bridgehead atoms. The van der Waals surface area contributed by atoms with E-state index in [-0.39, 0.29) is 5.91 Å². The van der Waals surface area contributed by atoms with E-state index in [1.165, 1.54) is 27.7 Å². The highest BCUT2D eigenvalue weighted by atomic mass is 16.2. The number of para-hydroxylation sites is 2. The van der Waals surface area contributed by atoms with Crippen molar-refractivity contribution in [3.8, 4) is 0 Å². The summed E-state index contributed by atoms with van der Waals surface area (Å²) in [5, 5.41) is 7.94. The second-order valence-corrected chi connectivity index (χ2v) is 8.26. The minimum atomic E-state index is -0.489. The molecule has 3 aromatic rings. The molecular formula is C23H26N4O. The molecule has 5 heteroatoms. The summed E-state index contributed by atoms with van der Waals surface area (Å²) in [6, 6.07) is 14.5. The summed E-state index contributed by atoms with van der Waals surface area (Å²) in [5.74, 6) is 0.100. The van der Waals surface area contributed by atoms with Gasteiger partial charge in [-0.2, -0.15) is 0 Å². The minimum Gasteiger partial charge on any atom is -0.369 e. The lowest BCUT2D eigenvalue weighted by molar-refractivity contribution is -0.122. The van der Waals surface area contributed by atoms with Crippen LogP contribution in [0.1, 0.15) is 29.7 Å². The topological polar surface area (TPSA) is 60.2 Å². The lowest BCUT2D eigenvalue weighted by Gasteiger charge is -2.44. The van der Waals surface area contributed by atoms with Gasteiger partial charge in [0.05, 0.1) is 11.4 Å². The Labute approximate surface area is 165 Å². The average molecular weight is 374 g/mol. The van der Waals surface area contributed by atoms with Crippen LogP contribution in [0.2, 0.25) is 0 Å². The SMILES string of the molecule is Cc1ccc2[nH]c(CN3CCC4(CC3)Nc3ccccc3NC4=O)c(C)c2c1. The summed E-state index contributed by atoms with van der Waals surface area (Å²) in [6.07, 6.45) is 1.62. The molecule has 1 amide bonds. The molecule has 28 heavy (non-hydrogen) atoms. The minimum absolute atomic E-state index is 0.100. The maximum atomic E-state index is 12.8. The van der Waals surface area contributed by atoms with Crippen molar-refractivity contribution in [2.24, 2.45) is 0 Å². The number of amides is 1. The van der Waals surface area contributed by atoms with Gasteiger partial charge in [-0.3, -0.25) is 9.69 Å². The number of likely N-dealkylation sites (tertiary alicyclic amines) is 1. The van der Waals surface area contributed by atoms with Crippen molar-refractivity contribution in [3.63, 3.8) is 0 Å². The first-order valence-corrected chi connectivity index (χ1v) is 10.0. The lowest BCUT2D eigenvalue weighted by Crippen LogP contribution is -2.58. The second kappa shape index (κ2) is 6.38. The van der Waals surface area contributed by atoms with Crippen LogP contribution in [0.5, 0.6) is 0 Å². The molecule has 1 fully saturated rings. The number of anilines is 2. The summed E-state index contributed by atoms with van der Waals surface area (Å²) in [6.45, 7) is 7.03. The van der Waals surface area contributed by atoms with Crippen LogP contribution in [-0.4, -0.2) is 34.4 Å². The number of hydrogen-bond donors (Lipinski definition) is 3. The number of aromatic nitrogens is 1. The average Bonchev–Trinajstić information content (AvgIpc) is 3.00. The molecule has 2 aliphatic heterocycles. The monoisotopic (exact) mass is 374 g/mol. The number of nitrogens with one attached hydrogen (secondary N) is 3. The number of aryl methyl sites for hydroxylation is 2. The van der Waals surface area contributed by atoms with E-state index in [1.54, 1.807) is 0 Å². The molecule has 0 saturated carbocycles. The molecule has 1 aromatic heterocycles. The van der Waals surface area contributed by atoms with Gasteiger partial charge in [-0.05, 0) is 56.5 Å². The zero-order chi connectivity index (χ0) is 19.3. The zero-order valence-corrected chi connectivity index (χ0v) is 16.4. The summed E-state index contributed by atoms with van der Waals surface area (Å²) >= 11 is 0. The number of carbonyl (C=O) groups excluding carboxylic acids is 1. The van der Waals surface area contributed by atoms with Gasteiger partial charge in [-0.15, -0.1) is 0 Å². The van der Waals surface area contributed by atoms with Gasteiger partial charge < -0.3 is 15.6 Å². The van der Waals surface area contributed by atoms with E-state index >= 15 is 0 Å². The van der Waals surface area contributed by atoms with E-state index in [0.29, 0.717) is 0 Å². The third-order valence-corrected chi connectivity index (χ3v) is 6.39. The van der Waals surface area contributed by atoms with Crippen LogP contribution in [0.3, 0.4) is 0 Å². The van der Waals surface area contributed by atoms with Gasteiger partial charge in [-0.25, -0.2) is 0 Å². The van der Waals surface area contributed by atoms with Crippen LogP contribution < -0.4 is 10.6 Å². The van der Waals surface area contributed by atoms with E-state index in [1.807, 2.05) is 24.3 Å². The van der Waals surface area contributed by atoms with E-state index in [9.17, 15) is 4.79 Å². The Hall–Kier alpha value is -2.79. The van der Waals surface area contributed by atoms with Crippen molar-refractivity contribution in [1.82, 2.24) is 9.88 Å². The lowest BCUT2D eigenvalue weighted by atomic mass is 9.84. The fourth-order valence-electron chi connectivity index (χ4n) is 4.58. The van der Waals surface area contributed by atoms with Crippen LogP contribution in [0.15, 0.2) is 42.5 Å². The standard InChI is InChI=1S/C23H26N4O/c1-15-7-8-18-17(13-15)16(2)21(24-18)14-27-11-9-23(10-12-27)22(28)25-19-5-3-4-6-20(19)26-23/h3-8,13,24,26H,9-12,14H2,1-2H3,(H,25,28). The van der Waals surface area contributed by atoms with Gasteiger partial charge in [0, 0.05) is 36.2 Å². The molecule has 3 N–H and O–H groups in total. The molecule has 0 atom stereocenters. The molecule has 0 unspecified atom stereocenters.